The molecule has 0 aromatic rings. The molecule has 0 aliphatic heterocycles. The predicted molar refractivity (Wildman–Crippen MR) is 64.9 cm³/mol. The molecule has 0 saturated heterocycles. The van der Waals surface area contributed by atoms with Crippen LogP contribution in [0.3, 0.4) is 0 Å². The lowest BCUT2D eigenvalue weighted by Gasteiger charge is -2.35. The molecule has 1 aliphatic rings. The molecule has 1 fully saturated rings. The molecule has 0 aromatic heterocycles. The monoisotopic (exact) mass is 213 g/mol. The molecule has 0 spiro atoms. The summed E-state index contributed by atoms with van der Waals surface area (Å²) in [5.74, 6) is 1.28. The van der Waals surface area contributed by atoms with E-state index in [9.17, 15) is 5.11 Å². The quantitative estimate of drug-likeness (QED) is 0.752. The third kappa shape index (κ3) is 4.12. The molecule has 1 rings (SSSR count). The summed E-state index contributed by atoms with van der Waals surface area (Å²) in [4.78, 5) is 0. The Labute approximate surface area is 94.5 Å². The van der Waals surface area contributed by atoms with E-state index < -0.39 is 0 Å². The SMILES string of the molecule is CC(C)NC(C)C1CCCC(C(C)O)C1. The van der Waals surface area contributed by atoms with Gasteiger partial charge in [0.1, 0.15) is 0 Å². The summed E-state index contributed by atoms with van der Waals surface area (Å²) in [7, 11) is 0. The van der Waals surface area contributed by atoms with Gasteiger partial charge in [0.15, 0.2) is 0 Å². The molecule has 2 N–H and O–H groups in total. The number of aliphatic hydroxyl groups excluding tert-OH is 1. The zero-order valence-corrected chi connectivity index (χ0v) is 10.7. The minimum Gasteiger partial charge on any atom is -0.393 e. The van der Waals surface area contributed by atoms with Crippen LogP contribution in [0.2, 0.25) is 0 Å². The molecule has 1 saturated carbocycles. The van der Waals surface area contributed by atoms with Crippen molar-refractivity contribution in [1.82, 2.24) is 5.32 Å². The summed E-state index contributed by atoms with van der Waals surface area (Å²) >= 11 is 0. The molecule has 1 aliphatic carbocycles. The van der Waals surface area contributed by atoms with E-state index in [4.69, 9.17) is 0 Å². The molecule has 0 amide bonds. The molecule has 2 nitrogen and oxygen atoms in total. The highest BCUT2D eigenvalue weighted by Gasteiger charge is 2.28. The molecule has 0 heterocycles. The molecular formula is C13H27NO. The summed E-state index contributed by atoms with van der Waals surface area (Å²) in [6, 6.07) is 1.15. The second-order valence-corrected chi connectivity index (χ2v) is 5.54. The first kappa shape index (κ1) is 13.0. The molecule has 0 aromatic carbocycles. The lowest BCUT2D eigenvalue weighted by Crippen LogP contribution is -2.41. The first-order valence-corrected chi connectivity index (χ1v) is 6.44. The lowest BCUT2D eigenvalue weighted by molar-refractivity contribution is 0.0753. The predicted octanol–water partition coefficient (Wildman–Crippen LogP) is 2.56. The van der Waals surface area contributed by atoms with Crippen LogP contribution < -0.4 is 5.32 Å². The van der Waals surface area contributed by atoms with Crippen LogP contribution in [0, 0.1) is 11.8 Å². The van der Waals surface area contributed by atoms with E-state index in [2.05, 4.69) is 26.1 Å². The van der Waals surface area contributed by atoms with E-state index in [1.807, 2.05) is 6.92 Å². The molecule has 15 heavy (non-hydrogen) atoms. The number of aliphatic hydroxyl groups is 1. The van der Waals surface area contributed by atoms with Crippen LogP contribution in [-0.4, -0.2) is 23.3 Å². The van der Waals surface area contributed by atoms with Gasteiger partial charge in [-0.3, -0.25) is 0 Å². The van der Waals surface area contributed by atoms with Gasteiger partial charge >= 0.3 is 0 Å². The van der Waals surface area contributed by atoms with E-state index in [-0.39, 0.29) is 6.10 Å². The molecule has 2 heteroatoms. The van der Waals surface area contributed by atoms with Crippen molar-refractivity contribution in [2.75, 3.05) is 0 Å². The van der Waals surface area contributed by atoms with E-state index in [1.165, 1.54) is 25.7 Å². The number of hydrogen-bond donors (Lipinski definition) is 2. The van der Waals surface area contributed by atoms with Gasteiger partial charge in [0, 0.05) is 12.1 Å². The normalized spacial score (nSPS) is 31.6. The summed E-state index contributed by atoms with van der Waals surface area (Å²) in [5.41, 5.74) is 0. The molecule has 90 valence electrons. The van der Waals surface area contributed by atoms with Gasteiger partial charge in [0.05, 0.1) is 6.10 Å². The fraction of sp³-hybridized carbons (Fsp3) is 1.00. The van der Waals surface area contributed by atoms with Gasteiger partial charge in [0.2, 0.25) is 0 Å². The second kappa shape index (κ2) is 5.86. The molecule has 4 atom stereocenters. The highest BCUT2D eigenvalue weighted by atomic mass is 16.3. The Morgan fingerprint density at radius 2 is 1.67 bits per heavy atom. The molecular weight excluding hydrogens is 186 g/mol. The van der Waals surface area contributed by atoms with Crippen LogP contribution in [0.25, 0.3) is 0 Å². The summed E-state index contributed by atoms with van der Waals surface area (Å²) in [6.45, 7) is 8.62. The van der Waals surface area contributed by atoms with Crippen LogP contribution in [0.5, 0.6) is 0 Å². The maximum Gasteiger partial charge on any atom is 0.0540 e. The minimum absolute atomic E-state index is 0.126. The smallest absolute Gasteiger partial charge is 0.0540 e. The topological polar surface area (TPSA) is 32.3 Å². The zero-order chi connectivity index (χ0) is 11.4. The van der Waals surface area contributed by atoms with Crippen LogP contribution >= 0.6 is 0 Å². The second-order valence-electron chi connectivity index (χ2n) is 5.54. The fourth-order valence-corrected chi connectivity index (χ4v) is 2.82. The Hall–Kier alpha value is -0.0800. The third-order valence-corrected chi connectivity index (χ3v) is 3.74. The largest absolute Gasteiger partial charge is 0.393 e. The Balaban J connectivity index is 2.41. The van der Waals surface area contributed by atoms with Crippen molar-refractivity contribution >= 4 is 0 Å². The van der Waals surface area contributed by atoms with E-state index in [1.54, 1.807) is 0 Å². The highest BCUT2D eigenvalue weighted by Crippen LogP contribution is 2.33. The van der Waals surface area contributed by atoms with Crippen molar-refractivity contribution in [3.05, 3.63) is 0 Å². The Morgan fingerprint density at radius 1 is 1.07 bits per heavy atom. The van der Waals surface area contributed by atoms with Gasteiger partial charge in [0.25, 0.3) is 0 Å². The zero-order valence-electron chi connectivity index (χ0n) is 10.7. The first-order chi connectivity index (χ1) is 7.00. The minimum atomic E-state index is -0.126. The van der Waals surface area contributed by atoms with Gasteiger partial charge in [-0.25, -0.2) is 0 Å². The molecule has 0 radical (unpaired) electrons. The Kier molecular flexibility index (Phi) is 5.07. The van der Waals surface area contributed by atoms with Crippen molar-refractivity contribution in [3.8, 4) is 0 Å². The molecule has 0 bridgehead atoms. The highest BCUT2D eigenvalue weighted by molar-refractivity contribution is 4.82. The van der Waals surface area contributed by atoms with Gasteiger partial charge in [-0.2, -0.15) is 0 Å². The van der Waals surface area contributed by atoms with Crippen molar-refractivity contribution in [1.29, 1.82) is 0 Å². The van der Waals surface area contributed by atoms with Gasteiger partial charge in [-0.1, -0.05) is 20.3 Å². The fourth-order valence-electron chi connectivity index (χ4n) is 2.82. The van der Waals surface area contributed by atoms with Crippen LogP contribution in [0.4, 0.5) is 0 Å². The summed E-state index contributed by atoms with van der Waals surface area (Å²) in [6.07, 6.45) is 4.88. The van der Waals surface area contributed by atoms with Crippen LogP contribution in [0.15, 0.2) is 0 Å². The van der Waals surface area contributed by atoms with Crippen LogP contribution in [-0.2, 0) is 0 Å². The van der Waals surface area contributed by atoms with Crippen molar-refractivity contribution < 1.29 is 5.11 Å². The van der Waals surface area contributed by atoms with Gasteiger partial charge in [-0.05, 0) is 44.9 Å². The number of hydrogen-bond acceptors (Lipinski definition) is 2. The summed E-state index contributed by atoms with van der Waals surface area (Å²) in [5, 5.41) is 13.2. The Bertz CT molecular complexity index is 179. The van der Waals surface area contributed by atoms with E-state index in [0.717, 1.165) is 5.92 Å². The average Bonchev–Trinajstić information content (AvgIpc) is 2.17. The van der Waals surface area contributed by atoms with E-state index in [0.29, 0.717) is 18.0 Å². The van der Waals surface area contributed by atoms with Crippen LogP contribution in [0.1, 0.15) is 53.4 Å². The van der Waals surface area contributed by atoms with Gasteiger partial charge in [-0.15, -0.1) is 0 Å². The lowest BCUT2D eigenvalue weighted by atomic mass is 9.76. The standard InChI is InChI=1S/C13H27NO/c1-9(2)14-10(3)12-6-5-7-13(8-12)11(4)15/h9-15H,5-8H2,1-4H3. The van der Waals surface area contributed by atoms with Crippen molar-refractivity contribution in [2.24, 2.45) is 11.8 Å². The number of rotatable bonds is 4. The number of nitrogens with one attached hydrogen (secondary N) is 1. The maximum absolute atomic E-state index is 9.64. The summed E-state index contributed by atoms with van der Waals surface area (Å²) < 4.78 is 0. The van der Waals surface area contributed by atoms with E-state index >= 15 is 0 Å². The Morgan fingerprint density at radius 3 is 2.20 bits per heavy atom. The molecule has 4 unspecified atom stereocenters. The first-order valence-electron chi connectivity index (χ1n) is 6.44. The van der Waals surface area contributed by atoms with Gasteiger partial charge < -0.3 is 10.4 Å². The van der Waals surface area contributed by atoms with Crippen molar-refractivity contribution in [3.63, 3.8) is 0 Å². The van der Waals surface area contributed by atoms with Crippen molar-refractivity contribution in [2.45, 2.75) is 71.6 Å². The maximum atomic E-state index is 9.64. The average molecular weight is 213 g/mol. The third-order valence-electron chi connectivity index (χ3n) is 3.74.